The largest absolute Gasteiger partial charge is 0.351 e. The van der Waals surface area contributed by atoms with Crippen LogP contribution in [0.15, 0.2) is 42.5 Å². The zero-order valence-electron chi connectivity index (χ0n) is 20.3. The molecule has 1 aliphatic carbocycles. The second-order valence-electron chi connectivity index (χ2n) is 10.7. The molecule has 6 nitrogen and oxygen atoms in total. The number of rotatable bonds is 5. The number of aliphatic hydroxyl groups excluding tert-OH is 1. The molecular formula is C28H36N4O2. The van der Waals surface area contributed by atoms with Crippen LogP contribution in [0.3, 0.4) is 0 Å². The van der Waals surface area contributed by atoms with Crippen molar-refractivity contribution in [1.29, 1.82) is 0 Å². The van der Waals surface area contributed by atoms with Gasteiger partial charge in [-0.05, 0) is 68.6 Å². The Hall–Kier alpha value is -2.41. The molecule has 0 amide bonds. The fraction of sp³-hybridized carbons (Fsp3) is 0.536. The fourth-order valence-electron chi connectivity index (χ4n) is 6.54. The van der Waals surface area contributed by atoms with E-state index in [0.717, 1.165) is 30.5 Å². The summed E-state index contributed by atoms with van der Waals surface area (Å²) in [6, 6.07) is 15.8. The smallest absolute Gasteiger partial charge is 0.237 e. The predicted octanol–water partition coefficient (Wildman–Crippen LogP) is 4.40. The van der Waals surface area contributed by atoms with Crippen molar-refractivity contribution >= 4 is 16.7 Å². The van der Waals surface area contributed by atoms with Crippen LogP contribution in [0.1, 0.15) is 62.0 Å². The first-order valence-electron chi connectivity index (χ1n) is 12.9. The van der Waals surface area contributed by atoms with Gasteiger partial charge in [0.1, 0.15) is 5.82 Å². The molecule has 0 radical (unpaired) electrons. The Morgan fingerprint density at radius 1 is 1.12 bits per heavy atom. The summed E-state index contributed by atoms with van der Waals surface area (Å²) < 4.78 is 7.88. The van der Waals surface area contributed by atoms with Crippen molar-refractivity contribution in [3.05, 3.63) is 59.4 Å². The lowest BCUT2D eigenvalue weighted by molar-refractivity contribution is -0.0794. The van der Waals surface area contributed by atoms with Crippen LogP contribution in [0, 0.1) is 5.41 Å². The molecule has 1 saturated carbocycles. The minimum Gasteiger partial charge on any atom is -0.351 e. The Balaban J connectivity index is 1.44. The van der Waals surface area contributed by atoms with E-state index in [4.69, 9.17) is 9.72 Å². The number of nitrogens with one attached hydrogen (secondary N) is 1. The first-order chi connectivity index (χ1) is 16.6. The van der Waals surface area contributed by atoms with Gasteiger partial charge >= 0.3 is 0 Å². The third-order valence-corrected chi connectivity index (χ3v) is 8.62. The van der Waals surface area contributed by atoms with Gasteiger partial charge in [0.2, 0.25) is 6.41 Å². The molecule has 34 heavy (non-hydrogen) atoms. The molecule has 2 aliphatic heterocycles. The van der Waals surface area contributed by atoms with Crippen molar-refractivity contribution in [2.45, 2.75) is 70.4 Å². The Bertz CT molecular complexity index is 1160. The molecule has 6 rings (SSSR count). The van der Waals surface area contributed by atoms with Crippen LogP contribution in [0.5, 0.6) is 0 Å². The van der Waals surface area contributed by atoms with Gasteiger partial charge < -0.3 is 24.6 Å². The third-order valence-electron chi connectivity index (χ3n) is 8.62. The zero-order valence-corrected chi connectivity index (χ0v) is 20.3. The van der Waals surface area contributed by atoms with Crippen molar-refractivity contribution in [3.63, 3.8) is 0 Å². The first-order valence-corrected chi connectivity index (χ1v) is 12.9. The minimum absolute atomic E-state index is 0.219. The average Bonchev–Trinajstić information content (AvgIpc) is 3.21. The van der Waals surface area contributed by atoms with Crippen LogP contribution in [0.25, 0.3) is 11.0 Å². The van der Waals surface area contributed by atoms with Crippen molar-refractivity contribution in [3.8, 4) is 0 Å². The quantitative estimate of drug-likeness (QED) is 0.553. The van der Waals surface area contributed by atoms with E-state index in [2.05, 4.69) is 59.3 Å². The van der Waals surface area contributed by atoms with E-state index in [-0.39, 0.29) is 6.04 Å². The molecule has 6 heteroatoms. The number of imidazole rings is 1. The zero-order chi connectivity index (χ0) is 23.3. The lowest BCUT2D eigenvalue weighted by Gasteiger charge is -2.47. The van der Waals surface area contributed by atoms with Gasteiger partial charge in [-0.2, -0.15) is 0 Å². The molecule has 2 atom stereocenters. The Labute approximate surface area is 201 Å². The first kappa shape index (κ1) is 22.1. The number of ether oxygens (including phenoxy) is 1. The van der Waals surface area contributed by atoms with Crippen molar-refractivity contribution in [2.24, 2.45) is 5.41 Å². The van der Waals surface area contributed by atoms with Gasteiger partial charge in [0, 0.05) is 50.0 Å². The monoisotopic (exact) mass is 460 g/mol. The van der Waals surface area contributed by atoms with Crippen molar-refractivity contribution in [1.82, 2.24) is 14.9 Å². The number of fused-ring (bicyclic) bond motifs is 3. The number of methoxy groups -OCH3 is 1. The molecule has 3 heterocycles. The van der Waals surface area contributed by atoms with Crippen LogP contribution in [-0.4, -0.2) is 47.3 Å². The van der Waals surface area contributed by atoms with E-state index in [1.165, 1.54) is 61.2 Å². The lowest BCUT2D eigenvalue weighted by Crippen LogP contribution is -2.54. The number of hydrogen-bond donors (Lipinski definition) is 2. The number of aromatic nitrogens is 2. The molecule has 1 aromatic heterocycles. The highest BCUT2D eigenvalue weighted by molar-refractivity contribution is 5.86. The van der Waals surface area contributed by atoms with Crippen LogP contribution >= 0.6 is 0 Å². The molecule has 1 unspecified atom stereocenters. The number of aryl methyl sites for hydroxylation is 1. The second kappa shape index (κ2) is 8.67. The van der Waals surface area contributed by atoms with Crippen LogP contribution in [-0.2, 0) is 17.6 Å². The Kier molecular flexibility index (Phi) is 5.63. The molecule has 3 aromatic rings. The molecule has 180 valence electrons. The maximum atomic E-state index is 10.6. The van der Waals surface area contributed by atoms with E-state index in [0.29, 0.717) is 11.5 Å². The predicted molar refractivity (Wildman–Crippen MR) is 135 cm³/mol. The maximum absolute atomic E-state index is 10.6. The molecule has 0 bridgehead atoms. The highest BCUT2D eigenvalue weighted by Crippen LogP contribution is 2.45. The minimum atomic E-state index is -0.942. The summed E-state index contributed by atoms with van der Waals surface area (Å²) in [7, 11) is 1.56. The van der Waals surface area contributed by atoms with Crippen molar-refractivity contribution in [2.75, 3.05) is 25.1 Å². The van der Waals surface area contributed by atoms with Gasteiger partial charge in [-0.1, -0.05) is 30.3 Å². The topological polar surface area (TPSA) is 62.6 Å². The van der Waals surface area contributed by atoms with Gasteiger partial charge in [-0.25, -0.2) is 4.98 Å². The average molecular weight is 461 g/mol. The van der Waals surface area contributed by atoms with Gasteiger partial charge in [0.25, 0.3) is 0 Å². The van der Waals surface area contributed by atoms with Crippen molar-refractivity contribution < 1.29 is 9.84 Å². The number of benzene rings is 2. The SMILES string of the molecule is COC(O)N1c2ccc3c(nc(Cc4ccccc4)n3C3CCC4(CC3)CNC4)c2CC[C@@H]1C. The summed E-state index contributed by atoms with van der Waals surface area (Å²) in [5, 5.41) is 14.1. The molecule has 1 spiro atoms. The highest BCUT2D eigenvalue weighted by Gasteiger charge is 2.41. The van der Waals surface area contributed by atoms with Gasteiger partial charge in [-0.3, -0.25) is 0 Å². The summed E-state index contributed by atoms with van der Waals surface area (Å²) in [5.41, 5.74) is 6.50. The summed E-state index contributed by atoms with van der Waals surface area (Å²) in [6.07, 6.45) is 6.89. The van der Waals surface area contributed by atoms with E-state index in [1.54, 1.807) is 7.11 Å². The summed E-state index contributed by atoms with van der Waals surface area (Å²) in [4.78, 5) is 7.32. The Morgan fingerprint density at radius 2 is 1.88 bits per heavy atom. The summed E-state index contributed by atoms with van der Waals surface area (Å²) in [6.45, 7) is 4.53. The molecule has 2 N–H and O–H groups in total. The molecular weight excluding hydrogens is 424 g/mol. The number of hydrogen-bond acceptors (Lipinski definition) is 5. The van der Waals surface area contributed by atoms with E-state index < -0.39 is 6.41 Å². The van der Waals surface area contributed by atoms with E-state index in [1.807, 2.05) is 4.90 Å². The summed E-state index contributed by atoms with van der Waals surface area (Å²) >= 11 is 0. The fourth-order valence-corrected chi connectivity index (χ4v) is 6.54. The lowest BCUT2D eigenvalue weighted by atomic mass is 9.68. The van der Waals surface area contributed by atoms with Crippen LogP contribution in [0.2, 0.25) is 0 Å². The second-order valence-corrected chi connectivity index (χ2v) is 10.7. The maximum Gasteiger partial charge on any atom is 0.237 e. The molecule has 3 aliphatic rings. The van der Waals surface area contributed by atoms with Gasteiger partial charge in [0.05, 0.1) is 11.0 Å². The molecule has 2 fully saturated rings. The number of anilines is 1. The summed E-state index contributed by atoms with van der Waals surface area (Å²) in [5.74, 6) is 1.17. The molecule has 2 aromatic carbocycles. The molecule has 1 saturated heterocycles. The van der Waals surface area contributed by atoms with E-state index >= 15 is 0 Å². The number of nitrogens with zero attached hydrogens (tertiary/aromatic N) is 3. The number of aliphatic hydroxyl groups is 1. The van der Waals surface area contributed by atoms with E-state index in [9.17, 15) is 5.11 Å². The standard InChI is InChI=1S/C28H36N4O2/c1-19-8-9-22-23(31(19)27(33)34-2)10-11-24-26(22)30-25(16-20-6-4-3-5-7-20)32(24)21-12-14-28(15-13-21)17-29-18-28/h3-7,10-11,19,21,27,29,33H,8-9,12-18H2,1-2H3/t19-,27?/m0/s1. The normalized spacial score (nSPS) is 23.1. The van der Waals surface area contributed by atoms with Gasteiger partial charge in [-0.15, -0.1) is 0 Å². The van der Waals surface area contributed by atoms with Crippen LogP contribution in [0.4, 0.5) is 5.69 Å². The van der Waals surface area contributed by atoms with Crippen LogP contribution < -0.4 is 10.2 Å². The van der Waals surface area contributed by atoms with Gasteiger partial charge in [0.15, 0.2) is 0 Å². The Morgan fingerprint density at radius 3 is 2.56 bits per heavy atom. The highest BCUT2D eigenvalue weighted by atomic mass is 16.6. The third kappa shape index (κ3) is 3.63.